The summed E-state index contributed by atoms with van der Waals surface area (Å²) in [6.45, 7) is 1.39. The second-order valence-corrected chi connectivity index (χ2v) is 7.00. The van der Waals surface area contributed by atoms with Gasteiger partial charge in [0, 0.05) is 23.1 Å². The molecule has 1 aliphatic heterocycles. The minimum Gasteiger partial charge on any atom is -0.372 e. The van der Waals surface area contributed by atoms with Gasteiger partial charge in [-0.25, -0.2) is 8.78 Å². The van der Waals surface area contributed by atoms with Crippen molar-refractivity contribution in [3.63, 3.8) is 0 Å². The van der Waals surface area contributed by atoms with E-state index in [0.29, 0.717) is 24.2 Å². The van der Waals surface area contributed by atoms with Crippen molar-refractivity contribution < 1.29 is 18.3 Å². The third kappa shape index (κ3) is 4.64. The topological polar surface area (TPSA) is 29.5 Å². The molecule has 0 spiro atoms. The Bertz CT molecular complexity index is 752. The Hall–Kier alpha value is -1.79. The van der Waals surface area contributed by atoms with Crippen molar-refractivity contribution in [3.05, 3.63) is 69.7 Å². The van der Waals surface area contributed by atoms with Gasteiger partial charge in [-0.3, -0.25) is 4.79 Å². The maximum absolute atomic E-state index is 13.2. The molecular formula is C19H18BrF2NO2. The zero-order valence-corrected chi connectivity index (χ0v) is 15.1. The Kier molecular flexibility index (Phi) is 5.81. The molecular weight excluding hydrogens is 392 g/mol. The standard InChI is InChI=1S/C19H18BrF2NO2/c20-15-6-4-14(5-7-15)19(24)23-9-1-2-16(11-23)25-12-13-3-8-17(21)18(22)10-13/h3-8,10,16H,1-2,9,11-12H2/t16-/m0/s1. The zero-order valence-electron chi connectivity index (χ0n) is 13.6. The number of nitrogens with zero attached hydrogens (tertiary/aromatic N) is 1. The largest absolute Gasteiger partial charge is 0.372 e. The Balaban J connectivity index is 1.58. The molecule has 0 bridgehead atoms. The van der Waals surface area contributed by atoms with Gasteiger partial charge in [-0.2, -0.15) is 0 Å². The molecule has 0 aromatic heterocycles. The molecule has 2 aromatic carbocycles. The van der Waals surface area contributed by atoms with E-state index in [1.807, 2.05) is 12.1 Å². The molecule has 132 valence electrons. The summed E-state index contributed by atoms with van der Waals surface area (Å²) in [5, 5.41) is 0. The van der Waals surface area contributed by atoms with Crippen LogP contribution in [0, 0.1) is 11.6 Å². The van der Waals surface area contributed by atoms with Gasteiger partial charge in [0.2, 0.25) is 0 Å². The van der Waals surface area contributed by atoms with Crippen molar-refractivity contribution in [2.45, 2.75) is 25.6 Å². The van der Waals surface area contributed by atoms with E-state index in [1.165, 1.54) is 6.07 Å². The average molecular weight is 410 g/mol. The van der Waals surface area contributed by atoms with E-state index in [0.717, 1.165) is 29.4 Å². The van der Waals surface area contributed by atoms with Crippen LogP contribution in [0.15, 0.2) is 46.9 Å². The van der Waals surface area contributed by atoms with Crippen LogP contribution in [0.25, 0.3) is 0 Å². The van der Waals surface area contributed by atoms with Crippen LogP contribution in [0.1, 0.15) is 28.8 Å². The predicted octanol–water partition coefficient (Wildman–Crippen LogP) is 4.55. The van der Waals surface area contributed by atoms with Crippen molar-refractivity contribution in [2.75, 3.05) is 13.1 Å². The van der Waals surface area contributed by atoms with E-state index in [2.05, 4.69) is 15.9 Å². The van der Waals surface area contributed by atoms with E-state index in [-0.39, 0.29) is 18.6 Å². The summed E-state index contributed by atoms with van der Waals surface area (Å²) in [5.74, 6) is -1.77. The summed E-state index contributed by atoms with van der Waals surface area (Å²) in [7, 11) is 0. The molecule has 0 unspecified atom stereocenters. The molecule has 1 saturated heterocycles. The Morgan fingerprint density at radius 1 is 1.16 bits per heavy atom. The van der Waals surface area contributed by atoms with Crippen LogP contribution in [-0.2, 0) is 11.3 Å². The normalized spacial score (nSPS) is 17.6. The number of carbonyl (C=O) groups excluding carboxylic acids is 1. The van der Waals surface area contributed by atoms with Crippen LogP contribution in [0.2, 0.25) is 0 Å². The number of hydrogen-bond acceptors (Lipinski definition) is 2. The fourth-order valence-electron chi connectivity index (χ4n) is 2.88. The van der Waals surface area contributed by atoms with E-state index in [4.69, 9.17) is 4.74 Å². The molecule has 1 heterocycles. The first-order chi connectivity index (χ1) is 12.0. The number of amides is 1. The first-order valence-corrected chi connectivity index (χ1v) is 8.92. The predicted molar refractivity (Wildman–Crippen MR) is 94.2 cm³/mol. The fourth-order valence-corrected chi connectivity index (χ4v) is 3.14. The summed E-state index contributed by atoms with van der Waals surface area (Å²) in [4.78, 5) is 14.4. The van der Waals surface area contributed by atoms with Gasteiger partial charge in [-0.05, 0) is 54.8 Å². The summed E-state index contributed by atoms with van der Waals surface area (Å²) in [5.41, 5.74) is 1.22. The summed E-state index contributed by atoms with van der Waals surface area (Å²) in [6, 6.07) is 11.0. The van der Waals surface area contributed by atoms with Gasteiger partial charge >= 0.3 is 0 Å². The van der Waals surface area contributed by atoms with Crippen LogP contribution >= 0.6 is 15.9 Å². The van der Waals surface area contributed by atoms with Crippen molar-refractivity contribution >= 4 is 21.8 Å². The minimum absolute atomic E-state index is 0.0198. The maximum atomic E-state index is 13.2. The molecule has 0 aliphatic carbocycles. The monoisotopic (exact) mass is 409 g/mol. The average Bonchev–Trinajstić information content (AvgIpc) is 2.63. The number of hydrogen-bond donors (Lipinski definition) is 0. The van der Waals surface area contributed by atoms with E-state index in [9.17, 15) is 13.6 Å². The van der Waals surface area contributed by atoms with Crippen LogP contribution in [-0.4, -0.2) is 30.0 Å². The van der Waals surface area contributed by atoms with Gasteiger partial charge in [0.05, 0.1) is 12.7 Å². The van der Waals surface area contributed by atoms with E-state index < -0.39 is 11.6 Å². The quantitative estimate of drug-likeness (QED) is 0.741. The van der Waals surface area contributed by atoms with E-state index in [1.54, 1.807) is 17.0 Å². The first kappa shape index (κ1) is 18.0. The number of ether oxygens (including phenoxy) is 1. The number of piperidine rings is 1. The van der Waals surface area contributed by atoms with Crippen LogP contribution in [0.5, 0.6) is 0 Å². The maximum Gasteiger partial charge on any atom is 0.253 e. The van der Waals surface area contributed by atoms with Gasteiger partial charge in [-0.15, -0.1) is 0 Å². The highest BCUT2D eigenvalue weighted by Crippen LogP contribution is 2.19. The van der Waals surface area contributed by atoms with Gasteiger partial charge in [0.15, 0.2) is 11.6 Å². The molecule has 1 aliphatic rings. The van der Waals surface area contributed by atoms with E-state index >= 15 is 0 Å². The highest BCUT2D eigenvalue weighted by molar-refractivity contribution is 9.10. The zero-order chi connectivity index (χ0) is 17.8. The van der Waals surface area contributed by atoms with Crippen LogP contribution in [0.3, 0.4) is 0 Å². The molecule has 25 heavy (non-hydrogen) atoms. The number of benzene rings is 2. The molecule has 2 aromatic rings. The first-order valence-electron chi connectivity index (χ1n) is 8.13. The summed E-state index contributed by atoms with van der Waals surface area (Å²) in [6.07, 6.45) is 1.58. The van der Waals surface area contributed by atoms with Crippen molar-refractivity contribution in [2.24, 2.45) is 0 Å². The van der Waals surface area contributed by atoms with Crippen LogP contribution in [0.4, 0.5) is 8.78 Å². The van der Waals surface area contributed by atoms with Crippen molar-refractivity contribution in [1.29, 1.82) is 0 Å². The van der Waals surface area contributed by atoms with Crippen molar-refractivity contribution in [3.8, 4) is 0 Å². The lowest BCUT2D eigenvalue weighted by atomic mass is 10.1. The number of halogens is 3. The van der Waals surface area contributed by atoms with Gasteiger partial charge < -0.3 is 9.64 Å². The molecule has 3 nitrogen and oxygen atoms in total. The lowest BCUT2D eigenvalue weighted by Crippen LogP contribution is -2.43. The van der Waals surface area contributed by atoms with Crippen LogP contribution < -0.4 is 0 Å². The molecule has 0 saturated carbocycles. The molecule has 0 radical (unpaired) electrons. The smallest absolute Gasteiger partial charge is 0.253 e. The minimum atomic E-state index is -0.878. The Morgan fingerprint density at radius 2 is 1.92 bits per heavy atom. The Labute approximate surface area is 153 Å². The highest BCUT2D eigenvalue weighted by Gasteiger charge is 2.25. The van der Waals surface area contributed by atoms with Gasteiger partial charge in [0.1, 0.15) is 0 Å². The molecule has 1 fully saturated rings. The molecule has 1 amide bonds. The van der Waals surface area contributed by atoms with Gasteiger partial charge in [-0.1, -0.05) is 22.0 Å². The summed E-state index contributed by atoms with van der Waals surface area (Å²) >= 11 is 3.36. The number of rotatable bonds is 4. The van der Waals surface area contributed by atoms with Crippen molar-refractivity contribution in [1.82, 2.24) is 4.90 Å². The Morgan fingerprint density at radius 3 is 2.64 bits per heavy atom. The fraction of sp³-hybridized carbons (Fsp3) is 0.316. The molecule has 0 N–H and O–H groups in total. The third-order valence-electron chi connectivity index (χ3n) is 4.23. The lowest BCUT2D eigenvalue weighted by Gasteiger charge is -2.32. The molecule has 6 heteroatoms. The number of carbonyl (C=O) groups is 1. The SMILES string of the molecule is O=C(c1ccc(Br)cc1)N1CCC[C@H](OCc2ccc(F)c(F)c2)C1. The second kappa shape index (κ2) is 8.06. The second-order valence-electron chi connectivity index (χ2n) is 6.08. The lowest BCUT2D eigenvalue weighted by molar-refractivity contribution is -0.00682. The third-order valence-corrected chi connectivity index (χ3v) is 4.75. The van der Waals surface area contributed by atoms with Gasteiger partial charge in [0.25, 0.3) is 5.91 Å². The summed E-state index contributed by atoms with van der Waals surface area (Å²) < 4.78 is 32.9. The number of likely N-dealkylation sites (tertiary alicyclic amines) is 1. The molecule has 1 atom stereocenters. The molecule has 3 rings (SSSR count). The highest BCUT2D eigenvalue weighted by atomic mass is 79.9.